The van der Waals surface area contributed by atoms with Gasteiger partial charge in [-0.1, -0.05) is 26.5 Å². The molecule has 0 saturated carbocycles. The van der Waals surface area contributed by atoms with E-state index in [0.29, 0.717) is 12.5 Å². The maximum atomic E-state index is 5.81. The molecule has 2 heteroatoms. The van der Waals surface area contributed by atoms with Gasteiger partial charge in [-0.2, -0.15) is 0 Å². The first-order valence-corrected chi connectivity index (χ1v) is 7.34. The number of hydrogen-bond donors (Lipinski definition) is 1. The van der Waals surface area contributed by atoms with Crippen LogP contribution in [0.15, 0.2) is 30.4 Å². The van der Waals surface area contributed by atoms with E-state index in [0.717, 1.165) is 17.9 Å². The van der Waals surface area contributed by atoms with Crippen LogP contribution in [0.1, 0.15) is 51.7 Å². The predicted molar refractivity (Wildman–Crippen MR) is 87.7 cm³/mol. The van der Waals surface area contributed by atoms with Crippen molar-refractivity contribution in [2.75, 3.05) is 13.2 Å². The topological polar surface area (TPSA) is 21.3 Å². The van der Waals surface area contributed by atoms with Crippen molar-refractivity contribution in [1.29, 1.82) is 0 Å². The molecule has 0 atom stereocenters. The molecule has 0 aliphatic rings. The van der Waals surface area contributed by atoms with Gasteiger partial charge in [0.1, 0.15) is 12.4 Å². The summed E-state index contributed by atoms with van der Waals surface area (Å²) in [6.45, 7) is 18.4. The average molecular weight is 275 g/mol. The van der Waals surface area contributed by atoms with Crippen molar-refractivity contribution in [3.05, 3.63) is 41.5 Å². The zero-order valence-electron chi connectivity index (χ0n) is 13.8. The van der Waals surface area contributed by atoms with Crippen molar-refractivity contribution in [1.82, 2.24) is 5.32 Å². The standard InChI is InChI=1S/C18H29NO/c1-13(2)17-9-8-16(10-15(17)4)20-12-14(3)11-19-18(5,6)7/h8-10,13,19H,3,11-12H2,1-2,4-7H3. The summed E-state index contributed by atoms with van der Waals surface area (Å²) in [7, 11) is 0. The Balaban J connectivity index is 2.50. The van der Waals surface area contributed by atoms with E-state index < -0.39 is 0 Å². The first-order valence-electron chi connectivity index (χ1n) is 7.34. The molecule has 1 rings (SSSR count). The summed E-state index contributed by atoms with van der Waals surface area (Å²) in [5.74, 6) is 1.47. The third-order valence-corrected chi connectivity index (χ3v) is 3.17. The number of nitrogens with one attached hydrogen (secondary N) is 1. The number of ether oxygens (including phenoxy) is 1. The van der Waals surface area contributed by atoms with E-state index >= 15 is 0 Å². The van der Waals surface area contributed by atoms with Crippen LogP contribution in [-0.2, 0) is 0 Å². The molecule has 112 valence electrons. The fourth-order valence-electron chi connectivity index (χ4n) is 2.01. The van der Waals surface area contributed by atoms with Gasteiger partial charge in [0.25, 0.3) is 0 Å². The molecule has 0 aliphatic carbocycles. The largest absolute Gasteiger partial charge is 0.489 e. The summed E-state index contributed by atoms with van der Waals surface area (Å²) < 4.78 is 5.81. The fraction of sp³-hybridized carbons (Fsp3) is 0.556. The van der Waals surface area contributed by atoms with Crippen molar-refractivity contribution in [3.63, 3.8) is 0 Å². The molecule has 0 fully saturated rings. The quantitative estimate of drug-likeness (QED) is 0.775. The first-order chi connectivity index (χ1) is 9.19. The van der Waals surface area contributed by atoms with E-state index in [1.165, 1.54) is 11.1 Å². The van der Waals surface area contributed by atoms with E-state index in [4.69, 9.17) is 4.74 Å². The molecule has 1 aromatic carbocycles. The highest BCUT2D eigenvalue weighted by molar-refractivity contribution is 5.36. The van der Waals surface area contributed by atoms with E-state index in [1.807, 2.05) is 6.07 Å². The van der Waals surface area contributed by atoms with Crippen molar-refractivity contribution in [3.8, 4) is 5.75 Å². The van der Waals surface area contributed by atoms with E-state index in [1.54, 1.807) is 0 Å². The second-order valence-electron chi connectivity index (χ2n) is 6.82. The van der Waals surface area contributed by atoms with Gasteiger partial charge in [0.2, 0.25) is 0 Å². The van der Waals surface area contributed by atoms with Crippen LogP contribution in [0.25, 0.3) is 0 Å². The Hall–Kier alpha value is -1.28. The van der Waals surface area contributed by atoms with Crippen LogP contribution in [0, 0.1) is 6.92 Å². The molecule has 20 heavy (non-hydrogen) atoms. The first kappa shape index (κ1) is 16.8. The molecule has 0 saturated heterocycles. The minimum absolute atomic E-state index is 0.110. The Labute approximate surface area is 124 Å². The van der Waals surface area contributed by atoms with Gasteiger partial charge in [-0.25, -0.2) is 0 Å². The molecule has 0 heterocycles. The minimum atomic E-state index is 0.110. The van der Waals surface area contributed by atoms with Crippen LogP contribution in [0.5, 0.6) is 5.75 Å². The second-order valence-corrected chi connectivity index (χ2v) is 6.82. The third kappa shape index (κ3) is 5.79. The Bertz CT molecular complexity index is 455. The molecule has 1 aromatic rings. The lowest BCUT2D eigenvalue weighted by molar-refractivity contribution is 0.341. The van der Waals surface area contributed by atoms with Gasteiger partial charge in [0.15, 0.2) is 0 Å². The summed E-state index contributed by atoms with van der Waals surface area (Å²) in [4.78, 5) is 0. The fourth-order valence-corrected chi connectivity index (χ4v) is 2.01. The molecule has 0 bridgehead atoms. The number of benzene rings is 1. The van der Waals surface area contributed by atoms with Gasteiger partial charge < -0.3 is 10.1 Å². The molecular weight excluding hydrogens is 246 g/mol. The maximum absolute atomic E-state index is 5.81. The molecule has 1 N–H and O–H groups in total. The van der Waals surface area contributed by atoms with Gasteiger partial charge in [-0.3, -0.25) is 0 Å². The van der Waals surface area contributed by atoms with Gasteiger partial charge in [-0.05, 0) is 62.4 Å². The molecule has 2 nitrogen and oxygen atoms in total. The monoisotopic (exact) mass is 275 g/mol. The van der Waals surface area contributed by atoms with Crippen LogP contribution in [0.4, 0.5) is 0 Å². The van der Waals surface area contributed by atoms with Crippen molar-refractivity contribution in [2.45, 2.75) is 53.0 Å². The number of aryl methyl sites for hydroxylation is 1. The van der Waals surface area contributed by atoms with Crippen molar-refractivity contribution >= 4 is 0 Å². The Morgan fingerprint density at radius 2 is 1.95 bits per heavy atom. The Morgan fingerprint density at radius 3 is 2.45 bits per heavy atom. The van der Waals surface area contributed by atoms with Crippen LogP contribution in [-0.4, -0.2) is 18.7 Å². The zero-order chi connectivity index (χ0) is 15.3. The van der Waals surface area contributed by atoms with Crippen LogP contribution in [0.3, 0.4) is 0 Å². The van der Waals surface area contributed by atoms with Gasteiger partial charge in [0, 0.05) is 12.1 Å². The number of hydrogen-bond acceptors (Lipinski definition) is 2. The lowest BCUT2D eigenvalue weighted by atomic mass is 9.98. The smallest absolute Gasteiger partial charge is 0.120 e. The minimum Gasteiger partial charge on any atom is -0.489 e. The van der Waals surface area contributed by atoms with Crippen LogP contribution in [0.2, 0.25) is 0 Å². The van der Waals surface area contributed by atoms with Gasteiger partial charge in [-0.15, -0.1) is 0 Å². The van der Waals surface area contributed by atoms with Gasteiger partial charge in [0.05, 0.1) is 0 Å². The van der Waals surface area contributed by atoms with Crippen molar-refractivity contribution in [2.24, 2.45) is 0 Å². The Morgan fingerprint density at radius 1 is 1.30 bits per heavy atom. The van der Waals surface area contributed by atoms with E-state index in [9.17, 15) is 0 Å². The molecule has 0 aliphatic heterocycles. The van der Waals surface area contributed by atoms with Crippen molar-refractivity contribution < 1.29 is 4.74 Å². The highest BCUT2D eigenvalue weighted by atomic mass is 16.5. The number of rotatable bonds is 6. The highest BCUT2D eigenvalue weighted by Gasteiger charge is 2.09. The second kappa shape index (κ2) is 6.94. The average Bonchev–Trinajstić information content (AvgIpc) is 2.32. The molecule has 0 aromatic heterocycles. The van der Waals surface area contributed by atoms with Crippen LogP contribution < -0.4 is 10.1 Å². The molecular formula is C18H29NO. The predicted octanol–water partition coefficient (Wildman–Crippen LogP) is 4.44. The maximum Gasteiger partial charge on any atom is 0.120 e. The van der Waals surface area contributed by atoms with E-state index in [-0.39, 0.29) is 5.54 Å². The van der Waals surface area contributed by atoms with Crippen LogP contribution >= 0.6 is 0 Å². The lowest BCUT2D eigenvalue weighted by Crippen LogP contribution is -2.37. The third-order valence-electron chi connectivity index (χ3n) is 3.17. The van der Waals surface area contributed by atoms with Gasteiger partial charge >= 0.3 is 0 Å². The van der Waals surface area contributed by atoms with E-state index in [2.05, 4.69) is 65.6 Å². The highest BCUT2D eigenvalue weighted by Crippen LogP contribution is 2.23. The molecule has 0 amide bonds. The zero-order valence-corrected chi connectivity index (χ0v) is 13.8. The lowest BCUT2D eigenvalue weighted by Gasteiger charge is -2.21. The molecule has 0 spiro atoms. The summed E-state index contributed by atoms with van der Waals surface area (Å²) in [6, 6.07) is 6.32. The normalized spacial score (nSPS) is 11.8. The molecule has 0 unspecified atom stereocenters. The Kier molecular flexibility index (Phi) is 5.82. The summed E-state index contributed by atoms with van der Waals surface area (Å²) in [6.07, 6.45) is 0. The summed E-state index contributed by atoms with van der Waals surface area (Å²) >= 11 is 0. The molecule has 0 radical (unpaired) electrons. The SMILES string of the molecule is C=C(CNC(C)(C)C)COc1ccc(C(C)C)c(C)c1. The summed E-state index contributed by atoms with van der Waals surface area (Å²) in [5.41, 5.74) is 3.84. The summed E-state index contributed by atoms with van der Waals surface area (Å²) in [5, 5.41) is 3.41.